The summed E-state index contributed by atoms with van der Waals surface area (Å²) in [4.78, 5) is 24.6. The van der Waals surface area contributed by atoms with Crippen molar-refractivity contribution in [3.05, 3.63) is 59.2 Å². The number of amides is 1. The maximum Gasteiger partial charge on any atom is 0.338 e. The van der Waals surface area contributed by atoms with Gasteiger partial charge in [0.05, 0.1) is 25.9 Å². The highest BCUT2D eigenvalue weighted by Gasteiger charge is 2.12. The summed E-state index contributed by atoms with van der Waals surface area (Å²) in [6.07, 6.45) is 3.86. The lowest BCUT2D eigenvalue weighted by Gasteiger charge is -2.12. The van der Waals surface area contributed by atoms with Crippen LogP contribution in [-0.4, -0.2) is 32.2 Å². The average molecular weight is 414 g/mol. The largest absolute Gasteiger partial charge is 0.496 e. The lowest BCUT2D eigenvalue weighted by molar-refractivity contribution is 0.0499. The number of hydrogen-bond donors (Lipinski definition) is 1. The minimum absolute atomic E-state index is 0.245. The third kappa shape index (κ3) is 7.19. The zero-order valence-corrected chi connectivity index (χ0v) is 18.0. The number of benzene rings is 2. The Morgan fingerprint density at radius 1 is 0.900 bits per heavy atom. The number of esters is 1. The van der Waals surface area contributed by atoms with Crippen molar-refractivity contribution in [3.8, 4) is 5.75 Å². The summed E-state index contributed by atoms with van der Waals surface area (Å²) in [7, 11) is 1.60. The van der Waals surface area contributed by atoms with Crippen molar-refractivity contribution in [2.75, 3.05) is 25.6 Å². The number of rotatable bonds is 12. The molecule has 6 nitrogen and oxygen atoms in total. The molecule has 0 spiro atoms. The van der Waals surface area contributed by atoms with E-state index in [9.17, 15) is 9.59 Å². The Hall–Kier alpha value is -2.86. The van der Waals surface area contributed by atoms with Gasteiger partial charge in [-0.3, -0.25) is 4.79 Å². The molecule has 0 heterocycles. The minimum atomic E-state index is -0.357. The summed E-state index contributed by atoms with van der Waals surface area (Å²) in [5, 5.41) is 2.85. The van der Waals surface area contributed by atoms with Crippen LogP contribution in [0.3, 0.4) is 0 Å². The van der Waals surface area contributed by atoms with Crippen LogP contribution >= 0.6 is 0 Å². The van der Waals surface area contributed by atoms with Crippen LogP contribution in [0.4, 0.5) is 5.69 Å². The van der Waals surface area contributed by atoms with Gasteiger partial charge in [-0.15, -0.1) is 0 Å². The van der Waals surface area contributed by atoms with Gasteiger partial charge in [-0.1, -0.05) is 26.7 Å². The molecule has 0 atom stereocenters. The van der Waals surface area contributed by atoms with Crippen molar-refractivity contribution in [3.63, 3.8) is 0 Å². The molecule has 1 N–H and O–H groups in total. The summed E-state index contributed by atoms with van der Waals surface area (Å²) in [5.41, 5.74) is 2.39. The normalized spacial score (nSPS) is 10.5. The summed E-state index contributed by atoms with van der Waals surface area (Å²) >= 11 is 0. The van der Waals surface area contributed by atoms with Crippen LogP contribution in [0, 0.1) is 0 Å². The van der Waals surface area contributed by atoms with Gasteiger partial charge in [0.25, 0.3) is 5.91 Å². The lowest BCUT2D eigenvalue weighted by Crippen LogP contribution is -2.13. The minimum Gasteiger partial charge on any atom is -0.496 e. The van der Waals surface area contributed by atoms with Crippen LogP contribution in [0.5, 0.6) is 5.75 Å². The van der Waals surface area contributed by atoms with Crippen LogP contribution in [0.15, 0.2) is 42.5 Å². The molecular weight excluding hydrogens is 382 g/mol. The fourth-order valence-corrected chi connectivity index (χ4v) is 2.75. The number of methoxy groups -OCH3 is 1. The molecule has 1 amide bonds. The van der Waals surface area contributed by atoms with Gasteiger partial charge in [-0.05, 0) is 55.3 Å². The molecule has 0 radical (unpaired) electrons. The summed E-state index contributed by atoms with van der Waals surface area (Å²) in [5.74, 6) is 0.0870. The van der Waals surface area contributed by atoms with E-state index in [0.717, 1.165) is 31.2 Å². The van der Waals surface area contributed by atoms with Crippen LogP contribution in [0.1, 0.15) is 65.8 Å². The van der Waals surface area contributed by atoms with Gasteiger partial charge in [0.15, 0.2) is 0 Å². The number of hydrogen-bond acceptors (Lipinski definition) is 5. The molecule has 0 aliphatic heterocycles. The zero-order chi connectivity index (χ0) is 21.8. The third-order valence-electron chi connectivity index (χ3n) is 4.55. The third-order valence-corrected chi connectivity index (χ3v) is 4.55. The maximum atomic E-state index is 12.7. The van der Waals surface area contributed by atoms with Gasteiger partial charge in [0.1, 0.15) is 5.75 Å². The standard InChI is InChI=1S/C24H31NO5/c1-4-6-14-29-17-20-16-19(10-13-22(20)28-3)23(26)25-21-11-8-18(9-12-21)24(27)30-15-7-5-2/h8-13,16H,4-7,14-15,17H2,1-3H3,(H,25,26). The SMILES string of the molecule is CCCCOCc1cc(C(=O)Nc2ccc(C(=O)OCCCC)cc2)ccc1OC. The highest BCUT2D eigenvalue weighted by atomic mass is 16.5. The smallest absolute Gasteiger partial charge is 0.338 e. The number of ether oxygens (including phenoxy) is 3. The lowest BCUT2D eigenvalue weighted by atomic mass is 10.1. The number of unbranched alkanes of at least 4 members (excludes halogenated alkanes) is 2. The number of carbonyl (C=O) groups excluding carboxylic acids is 2. The molecule has 0 aromatic heterocycles. The van der Waals surface area contributed by atoms with Crippen LogP contribution in [0.2, 0.25) is 0 Å². The highest BCUT2D eigenvalue weighted by Crippen LogP contribution is 2.22. The molecule has 2 aromatic carbocycles. The summed E-state index contributed by atoms with van der Waals surface area (Å²) in [6, 6.07) is 11.9. The van der Waals surface area contributed by atoms with Crippen molar-refractivity contribution in [1.82, 2.24) is 0 Å². The van der Waals surface area contributed by atoms with Gasteiger partial charge < -0.3 is 19.5 Å². The number of carbonyl (C=O) groups is 2. The Balaban J connectivity index is 2.00. The molecule has 6 heteroatoms. The van der Waals surface area contributed by atoms with Crippen molar-refractivity contribution >= 4 is 17.6 Å². The number of nitrogens with one attached hydrogen (secondary N) is 1. The van der Waals surface area contributed by atoms with Gasteiger partial charge >= 0.3 is 5.97 Å². The van der Waals surface area contributed by atoms with Crippen molar-refractivity contribution in [2.24, 2.45) is 0 Å². The Bertz CT molecular complexity index is 817. The Morgan fingerprint density at radius 3 is 2.23 bits per heavy atom. The molecule has 0 saturated carbocycles. The molecule has 2 rings (SSSR count). The van der Waals surface area contributed by atoms with Gasteiger partial charge in [-0.2, -0.15) is 0 Å². The second-order valence-corrected chi connectivity index (χ2v) is 6.95. The van der Waals surface area contributed by atoms with Crippen LogP contribution in [0.25, 0.3) is 0 Å². The fourth-order valence-electron chi connectivity index (χ4n) is 2.75. The van der Waals surface area contributed by atoms with Gasteiger partial charge in [0.2, 0.25) is 0 Å². The van der Waals surface area contributed by atoms with Crippen molar-refractivity contribution in [2.45, 2.75) is 46.1 Å². The second-order valence-electron chi connectivity index (χ2n) is 6.95. The molecular formula is C24H31NO5. The van der Waals surface area contributed by atoms with E-state index in [4.69, 9.17) is 14.2 Å². The van der Waals surface area contributed by atoms with E-state index in [0.29, 0.717) is 42.4 Å². The van der Waals surface area contributed by atoms with E-state index in [-0.39, 0.29) is 11.9 Å². The molecule has 30 heavy (non-hydrogen) atoms. The van der Waals surface area contributed by atoms with Gasteiger partial charge in [0, 0.05) is 23.4 Å². The van der Waals surface area contributed by atoms with Crippen LogP contribution in [-0.2, 0) is 16.1 Å². The topological polar surface area (TPSA) is 73.9 Å². The molecule has 0 saturated heterocycles. The fraction of sp³-hybridized carbons (Fsp3) is 0.417. The molecule has 0 unspecified atom stereocenters. The Labute approximate surface area is 178 Å². The first-order valence-electron chi connectivity index (χ1n) is 10.4. The van der Waals surface area contributed by atoms with E-state index in [2.05, 4.69) is 12.2 Å². The maximum absolute atomic E-state index is 12.7. The highest BCUT2D eigenvalue weighted by molar-refractivity contribution is 6.04. The molecule has 0 fully saturated rings. The van der Waals surface area contributed by atoms with E-state index < -0.39 is 0 Å². The first-order valence-corrected chi connectivity index (χ1v) is 10.4. The number of anilines is 1. The first-order chi connectivity index (χ1) is 14.6. The molecule has 0 bridgehead atoms. The predicted octanol–water partition coefficient (Wildman–Crippen LogP) is 5.22. The molecule has 2 aromatic rings. The van der Waals surface area contributed by atoms with E-state index in [1.807, 2.05) is 6.92 Å². The van der Waals surface area contributed by atoms with E-state index in [1.165, 1.54) is 0 Å². The van der Waals surface area contributed by atoms with Gasteiger partial charge in [-0.25, -0.2) is 4.79 Å². The molecule has 0 aliphatic carbocycles. The van der Waals surface area contributed by atoms with E-state index >= 15 is 0 Å². The predicted molar refractivity (Wildman–Crippen MR) is 117 cm³/mol. The second kappa shape index (κ2) is 12.6. The average Bonchev–Trinajstić information content (AvgIpc) is 2.77. The molecule has 0 aliphatic rings. The Morgan fingerprint density at radius 2 is 1.57 bits per heavy atom. The first kappa shape index (κ1) is 23.4. The zero-order valence-electron chi connectivity index (χ0n) is 18.0. The van der Waals surface area contributed by atoms with Crippen LogP contribution < -0.4 is 10.1 Å². The summed E-state index contributed by atoms with van der Waals surface area (Å²) in [6.45, 7) is 5.62. The van der Waals surface area contributed by atoms with Crippen molar-refractivity contribution < 1.29 is 23.8 Å². The quantitative estimate of drug-likeness (QED) is 0.381. The molecule has 162 valence electrons. The Kier molecular flexibility index (Phi) is 9.87. The van der Waals surface area contributed by atoms with Crippen molar-refractivity contribution in [1.29, 1.82) is 0 Å². The summed E-state index contributed by atoms with van der Waals surface area (Å²) < 4.78 is 16.2. The monoisotopic (exact) mass is 413 g/mol. The van der Waals surface area contributed by atoms with E-state index in [1.54, 1.807) is 49.6 Å².